The summed E-state index contributed by atoms with van der Waals surface area (Å²) >= 11 is 0. The Kier molecular flexibility index (Phi) is 12.3. The summed E-state index contributed by atoms with van der Waals surface area (Å²) in [6, 6.07) is 0. The van der Waals surface area contributed by atoms with Gasteiger partial charge in [-0.15, -0.1) is 0 Å². The maximum atomic E-state index is 13.1. The second-order valence-corrected chi connectivity index (χ2v) is 11.4. The average Bonchev–Trinajstić information content (AvgIpc) is 3.20. The maximum Gasteiger partial charge on any atom is 0.510 e. The van der Waals surface area contributed by atoms with Gasteiger partial charge in [0.1, 0.15) is 18.2 Å². The number of nitrogens with zero attached hydrogens (tertiary/aromatic N) is 4. The van der Waals surface area contributed by atoms with E-state index in [0.717, 1.165) is 12.8 Å². The first-order chi connectivity index (χ1) is 15.9. The van der Waals surface area contributed by atoms with E-state index in [-0.39, 0.29) is 31.5 Å². The summed E-state index contributed by atoms with van der Waals surface area (Å²) in [6.45, 7) is 4.00. The number of imidazole rings is 1. The van der Waals surface area contributed by atoms with E-state index in [2.05, 4.69) is 15.0 Å². The zero-order chi connectivity index (χ0) is 24.1. The molecular formula is C18H30N5O7PS2. The molecule has 2 aromatic rings. The zero-order valence-electron chi connectivity index (χ0n) is 18.9. The van der Waals surface area contributed by atoms with Crippen LogP contribution in [0, 0.1) is 0 Å². The van der Waals surface area contributed by atoms with Crippen molar-refractivity contribution in [2.24, 2.45) is 0 Å². The third kappa shape index (κ3) is 9.67. The van der Waals surface area contributed by atoms with Gasteiger partial charge in [0.15, 0.2) is 11.5 Å². The number of aromatic nitrogens is 4. The first-order valence-corrected chi connectivity index (χ1v) is 14.7. The molecule has 2 heterocycles. The lowest BCUT2D eigenvalue weighted by atomic mass is 10.4. The van der Waals surface area contributed by atoms with Crippen molar-refractivity contribution in [1.29, 1.82) is 0 Å². The molecule has 0 fully saturated rings. The molecule has 2 N–H and O–H groups in total. The molecule has 0 saturated heterocycles. The average molecular weight is 524 g/mol. The smallest absolute Gasteiger partial charge is 0.434 e. The fourth-order valence-corrected chi connectivity index (χ4v) is 4.87. The van der Waals surface area contributed by atoms with Gasteiger partial charge in [-0.1, -0.05) is 34.9 Å². The van der Waals surface area contributed by atoms with Crippen LogP contribution < -0.4 is 5.73 Å². The van der Waals surface area contributed by atoms with Gasteiger partial charge < -0.3 is 29.0 Å². The molecule has 0 radical (unpaired) electrons. The number of carbonyl (C=O) groups is 1. The molecule has 0 aromatic carbocycles. The van der Waals surface area contributed by atoms with Crippen LogP contribution in [0.1, 0.15) is 26.7 Å². The van der Waals surface area contributed by atoms with Crippen molar-refractivity contribution in [2.75, 3.05) is 44.1 Å². The molecule has 33 heavy (non-hydrogen) atoms. The number of unbranched alkanes of at least 4 members (excludes halogenated alkanes) is 1. The summed E-state index contributed by atoms with van der Waals surface area (Å²) < 4.78 is 41.0. The number of carbonyl (C=O) groups excluding carboxylic acids is 1. The number of ether oxygens (including phenoxy) is 3. The minimum atomic E-state index is -3.70. The number of nitrogens with two attached hydrogens (primary N) is 1. The van der Waals surface area contributed by atoms with Crippen LogP contribution in [-0.2, 0) is 34.4 Å². The quantitative estimate of drug-likeness (QED) is 0.111. The summed E-state index contributed by atoms with van der Waals surface area (Å²) in [5.41, 5.74) is 6.87. The summed E-state index contributed by atoms with van der Waals surface area (Å²) in [5, 5.41) is 0. The van der Waals surface area contributed by atoms with Crippen LogP contribution in [0.15, 0.2) is 12.7 Å². The summed E-state index contributed by atoms with van der Waals surface area (Å²) in [5.74, 6) is 0.890. The molecule has 0 aliphatic carbocycles. The summed E-state index contributed by atoms with van der Waals surface area (Å²) in [7, 11) is -0.574. The second-order valence-electron chi connectivity index (χ2n) is 6.71. The minimum absolute atomic E-state index is 0.184. The molecule has 0 spiro atoms. The Hall–Kier alpha value is -1.57. The maximum absolute atomic E-state index is 13.1. The second kappa shape index (κ2) is 14.6. The third-order valence-corrected chi connectivity index (χ3v) is 7.43. The lowest BCUT2D eigenvalue weighted by Gasteiger charge is -2.21. The molecule has 1 unspecified atom stereocenters. The highest BCUT2D eigenvalue weighted by Gasteiger charge is 2.27. The van der Waals surface area contributed by atoms with Crippen LogP contribution in [0.4, 0.5) is 10.6 Å². The Morgan fingerprint density at radius 3 is 2.82 bits per heavy atom. The van der Waals surface area contributed by atoms with Crippen molar-refractivity contribution in [1.82, 2.24) is 19.5 Å². The Bertz CT molecular complexity index is 919. The molecule has 2 aromatic heterocycles. The number of rotatable bonds is 16. The van der Waals surface area contributed by atoms with Gasteiger partial charge in [-0.3, -0.25) is 9.09 Å². The predicted molar refractivity (Wildman–Crippen MR) is 128 cm³/mol. The molecule has 2 atom stereocenters. The van der Waals surface area contributed by atoms with E-state index in [0.29, 0.717) is 23.5 Å². The van der Waals surface area contributed by atoms with Crippen molar-refractivity contribution in [2.45, 2.75) is 39.3 Å². The predicted octanol–water partition coefficient (Wildman–Crippen LogP) is 3.92. The van der Waals surface area contributed by atoms with Gasteiger partial charge in [0.25, 0.3) is 0 Å². The van der Waals surface area contributed by atoms with Crippen molar-refractivity contribution in [3.8, 4) is 0 Å². The monoisotopic (exact) mass is 523 g/mol. The molecule has 0 aliphatic rings. The van der Waals surface area contributed by atoms with Gasteiger partial charge in [-0.05, 0) is 19.6 Å². The van der Waals surface area contributed by atoms with Gasteiger partial charge in [0.2, 0.25) is 6.79 Å². The van der Waals surface area contributed by atoms with E-state index >= 15 is 0 Å². The number of anilines is 1. The van der Waals surface area contributed by atoms with Crippen LogP contribution in [0.3, 0.4) is 0 Å². The zero-order valence-corrected chi connectivity index (χ0v) is 21.4. The molecule has 0 saturated carbocycles. The first-order valence-electron chi connectivity index (χ1n) is 10.2. The standard InChI is InChI=1S/C18H30N5O7PS2/c1-4-5-6-26-18(24)27-12-30-31(25,29-7-8-33-32-3)13-28-14(2)9-23-11-22-15-16(19)20-10-21-17(15)23/h10-11,14H,4-9,12-13H2,1-3H3,(H2,19,20,21)/t14-,31?/m1/s1. The van der Waals surface area contributed by atoms with Gasteiger partial charge in [-0.25, -0.2) is 19.7 Å². The highest BCUT2D eigenvalue weighted by atomic mass is 33.1. The van der Waals surface area contributed by atoms with Crippen LogP contribution in [0.25, 0.3) is 11.2 Å². The molecule has 2 rings (SSSR count). The van der Waals surface area contributed by atoms with Crippen molar-refractivity contribution in [3.63, 3.8) is 0 Å². The van der Waals surface area contributed by atoms with Crippen LogP contribution in [0.2, 0.25) is 0 Å². The van der Waals surface area contributed by atoms with Crippen molar-refractivity contribution < 1.29 is 32.6 Å². The molecule has 186 valence electrons. The minimum Gasteiger partial charge on any atom is -0.434 e. The Labute approximate surface area is 200 Å². The van der Waals surface area contributed by atoms with E-state index in [1.165, 1.54) is 6.33 Å². The highest BCUT2D eigenvalue weighted by molar-refractivity contribution is 8.76. The van der Waals surface area contributed by atoms with Gasteiger partial charge in [0.05, 0.1) is 32.2 Å². The van der Waals surface area contributed by atoms with Gasteiger partial charge in [-0.2, -0.15) is 0 Å². The van der Waals surface area contributed by atoms with E-state index in [1.807, 2.05) is 13.2 Å². The van der Waals surface area contributed by atoms with E-state index in [1.54, 1.807) is 39.4 Å². The van der Waals surface area contributed by atoms with Crippen molar-refractivity contribution in [3.05, 3.63) is 12.7 Å². The third-order valence-electron chi connectivity index (χ3n) is 4.12. The van der Waals surface area contributed by atoms with Crippen LogP contribution in [0.5, 0.6) is 0 Å². The number of fused-ring (bicyclic) bond motifs is 1. The van der Waals surface area contributed by atoms with Crippen molar-refractivity contribution >= 4 is 52.3 Å². The number of hydrogen-bond acceptors (Lipinski definition) is 13. The highest BCUT2D eigenvalue weighted by Crippen LogP contribution is 2.48. The van der Waals surface area contributed by atoms with Crippen LogP contribution >= 0.6 is 29.2 Å². The normalized spacial score (nSPS) is 14.2. The largest absolute Gasteiger partial charge is 0.510 e. The van der Waals surface area contributed by atoms with E-state index in [4.69, 9.17) is 29.0 Å². The van der Waals surface area contributed by atoms with Gasteiger partial charge >= 0.3 is 13.8 Å². The van der Waals surface area contributed by atoms with Crippen LogP contribution in [-0.4, -0.2) is 70.1 Å². The SMILES string of the molecule is CCCCOC(=O)OCOP(=O)(CO[C@H](C)Cn1cnc2c(N)ncnc21)OCCSSC. The Morgan fingerprint density at radius 1 is 1.24 bits per heavy atom. The van der Waals surface area contributed by atoms with E-state index in [9.17, 15) is 9.36 Å². The Balaban J connectivity index is 1.89. The Morgan fingerprint density at radius 2 is 2.06 bits per heavy atom. The lowest BCUT2D eigenvalue weighted by molar-refractivity contribution is -0.00793. The lowest BCUT2D eigenvalue weighted by Crippen LogP contribution is -2.19. The number of nitrogen functional groups attached to an aromatic ring is 1. The number of hydrogen-bond donors (Lipinski definition) is 1. The summed E-state index contributed by atoms with van der Waals surface area (Å²) in [4.78, 5) is 23.9. The molecular weight excluding hydrogens is 493 g/mol. The first kappa shape index (κ1) is 27.7. The fourth-order valence-electron chi connectivity index (χ4n) is 2.48. The topological polar surface area (TPSA) is 150 Å². The summed E-state index contributed by atoms with van der Waals surface area (Å²) in [6.07, 6.45) is 4.87. The molecule has 0 aliphatic heterocycles. The molecule has 12 nitrogen and oxygen atoms in total. The van der Waals surface area contributed by atoms with E-state index < -0.39 is 20.5 Å². The molecule has 0 amide bonds. The molecule has 0 bridgehead atoms. The molecule has 15 heteroatoms. The van der Waals surface area contributed by atoms with Gasteiger partial charge in [0, 0.05) is 5.75 Å². The fraction of sp³-hybridized carbons (Fsp3) is 0.667.